The van der Waals surface area contributed by atoms with Crippen LogP contribution in [0.4, 0.5) is 5.69 Å². The number of rotatable bonds is 4. The van der Waals surface area contributed by atoms with Crippen LogP contribution in [0.3, 0.4) is 0 Å². The number of carbonyl (C=O) groups is 1. The van der Waals surface area contributed by atoms with E-state index in [2.05, 4.69) is 10.5 Å². The van der Waals surface area contributed by atoms with E-state index in [0.29, 0.717) is 5.56 Å². The minimum atomic E-state index is -0.575. The molecule has 0 aliphatic rings. The smallest absolute Gasteiger partial charge is 0.271 e. The first kappa shape index (κ1) is 15.0. The summed E-state index contributed by atoms with van der Waals surface area (Å²) in [6.45, 7) is 0. The lowest BCUT2D eigenvalue weighted by atomic mass is 10.2. The number of phenols is 2. The number of carbonyl (C=O) groups excluding carboxylic acids is 1. The molecule has 0 saturated heterocycles. The molecule has 2 aromatic carbocycles. The Bertz CT molecular complexity index is 741. The molecular formula is C14H11N3O5. The molecule has 2 aromatic rings. The number of nitrogens with one attached hydrogen (secondary N) is 1. The van der Waals surface area contributed by atoms with Crippen molar-refractivity contribution in [2.24, 2.45) is 5.10 Å². The highest BCUT2D eigenvalue weighted by Crippen LogP contribution is 2.24. The van der Waals surface area contributed by atoms with Crippen molar-refractivity contribution >= 4 is 17.8 Å². The zero-order chi connectivity index (χ0) is 16.1. The molecule has 0 aromatic heterocycles. The van der Waals surface area contributed by atoms with Gasteiger partial charge in [-0.25, -0.2) is 5.43 Å². The third kappa shape index (κ3) is 3.57. The predicted molar refractivity (Wildman–Crippen MR) is 77.9 cm³/mol. The summed E-state index contributed by atoms with van der Waals surface area (Å²) >= 11 is 0. The Morgan fingerprint density at radius 1 is 1.14 bits per heavy atom. The minimum Gasteiger partial charge on any atom is -0.504 e. The summed E-state index contributed by atoms with van der Waals surface area (Å²) in [6.07, 6.45) is 1.32. The quantitative estimate of drug-likeness (QED) is 0.343. The molecule has 112 valence electrons. The molecule has 0 fully saturated rings. The highest BCUT2D eigenvalue weighted by atomic mass is 16.6. The number of hydrogen-bond donors (Lipinski definition) is 3. The number of benzene rings is 2. The summed E-state index contributed by atoms with van der Waals surface area (Å²) in [5, 5.41) is 32.7. The van der Waals surface area contributed by atoms with Crippen LogP contribution in [-0.2, 0) is 0 Å². The number of phenolic OH excluding ortho intramolecular Hbond substituents is 2. The van der Waals surface area contributed by atoms with E-state index in [-0.39, 0.29) is 17.0 Å². The molecule has 0 unspecified atom stereocenters. The van der Waals surface area contributed by atoms with Crippen LogP contribution in [0, 0.1) is 10.1 Å². The van der Waals surface area contributed by atoms with Crippen molar-refractivity contribution in [2.75, 3.05) is 0 Å². The summed E-state index contributed by atoms with van der Waals surface area (Å²) in [6, 6.07) is 9.23. The lowest BCUT2D eigenvalue weighted by Gasteiger charge is -2.02. The normalized spacial score (nSPS) is 10.5. The number of non-ortho nitro benzene ring substituents is 1. The van der Waals surface area contributed by atoms with Gasteiger partial charge in [-0.3, -0.25) is 14.9 Å². The van der Waals surface area contributed by atoms with Crippen LogP contribution in [0.5, 0.6) is 11.5 Å². The van der Waals surface area contributed by atoms with Gasteiger partial charge in [-0.05, 0) is 35.9 Å². The van der Waals surface area contributed by atoms with E-state index in [4.69, 9.17) is 5.11 Å². The maximum absolute atomic E-state index is 11.7. The van der Waals surface area contributed by atoms with Crippen LogP contribution in [0.25, 0.3) is 0 Å². The summed E-state index contributed by atoms with van der Waals surface area (Å²) in [5.41, 5.74) is 2.88. The minimum absolute atomic E-state index is 0.0410. The topological polar surface area (TPSA) is 125 Å². The first-order valence-corrected chi connectivity index (χ1v) is 6.07. The van der Waals surface area contributed by atoms with Gasteiger partial charge in [0.15, 0.2) is 11.5 Å². The van der Waals surface area contributed by atoms with Crippen molar-refractivity contribution in [3.63, 3.8) is 0 Å². The molecule has 1 amide bonds. The number of nitro groups is 1. The molecule has 0 spiro atoms. The molecule has 0 heterocycles. The molecule has 22 heavy (non-hydrogen) atoms. The van der Waals surface area contributed by atoms with Crippen molar-refractivity contribution in [2.45, 2.75) is 0 Å². The third-order valence-corrected chi connectivity index (χ3v) is 2.72. The van der Waals surface area contributed by atoms with Gasteiger partial charge in [-0.1, -0.05) is 0 Å². The Morgan fingerprint density at radius 3 is 2.41 bits per heavy atom. The Hall–Kier alpha value is -3.42. The maximum atomic E-state index is 11.7. The van der Waals surface area contributed by atoms with Gasteiger partial charge in [-0.15, -0.1) is 0 Å². The van der Waals surface area contributed by atoms with E-state index >= 15 is 0 Å². The van der Waals surface area contributed by atoms with E-state index in [1.807, 2.05) is 0 Å². The Kier molecular flexibility index (Phi) is 4.33. The van der Waals surface area contributed by atoms with Crippen LogP contribution >= 0.6 is 0 Å². The molecule has 8 nitrogen and oxygen atoms in total. The van der Waals surface area contributed by atoms with Crippen LogP contribution in [-0.4, -0.2) is 27.3 Å². The van der Waals surface area contributed by atoms with Gasteiger partial charge in [0.2, 0.25) is 0 Å². The van der Waals surface area contributed by atoms with Gasteiger partial charge < -0.3 is 10.2 Å². The van der Waals surface area contributed by atoms with Crippen molar-refractivity contribution in [3.8, 4) is 11.5 Å². The maximum Gasteiger partial charge on any atom is 0.271 e. The van der Waals surface area contributed by atoms with E-state index in [0.717, 1.165) is 6.07 Å². The third-order valence-electron chi connectivity index (χ3n) is 2.72. The van der Waals surface area contributed by atoms with E-state index in [1.54, 1.807) is 0 Å². The van der Waals surface area contributed by atoms with Gasteiger partial charge >= 0.3 is 0 Å². The molecule has 2 rings (SSSR count). The van der Waals surface area contributed by atoms with Crippen LogP contribution in [0.2, 0.25) is 0 Å². The fourth-order valence-corrected chi connectivity index (χ4v) is 1.58. The molecule has 0 bridgehead atoms. The SMILES string of the molecule is O=C(N/N=C\c1ccc([N+](=O)[O-])cc1)c1ccc(O)c(O)c1. The molecule has 0 atom stereocenters. The fraction of sp³-hybridized carbons (Fsp3) is 0. The molecule has 8 heteroatoms. The molecule has 3 N–H and O–H groups in total. The first-order valence-electron chi connectivity index (χ1n) is 6.07. The number of aromatic hydroxyl groups is 2. The second kappa shape index (κ2) is 6.35. The van der Waals surface area contributed by atoms with Crippen molar-refractivity contribution in [3.05, 3.63) is 63.7 Å². The molecule has 0 saturated carbocycles. The first-order chi connectivity index (χ1) is 10.5. The second-order valence-electron chi connectivity index (χ2n) is 4.25. The predicted octanol–water partition coefficient (Wildman–Crippen LogP) is 1.77. The van der Waals surface area contributed by atoms with Crippen LogP contribution < -0.4 is 5.43 Å². The number of nitrogens with zero attached hydrogens (tertiary/aromatic N) is 2. The fourth-order valence-electron chi connectivity index (χ4n) is 1.58. The monoisotopic (exact) mass is 301 g/mol. The average molecular weight is 301 g/mol. The Balaban J connectivity index is 2.00. The van der Waals surface area contributed by atoms with Crippen molar-refractivity contribution in [1.82, 2.24) is 5.43 Å². The lowest BCUT2D eigenvalue weighted by molar-refractivity contribution is -0.384. The van der Waals surface area contributed by atoms with Gasteiger partial charge in [0.25, 0.3) is 11.6 Å². The highest BCUT2D eigenvalue weighted by molar-refractivity contribution is 5.95. The van der Waals surface area contributed by atoms with E-state index in [9.17, 15) is 20.0 Å². The largest absolute Gasteiger partial charge is 0.504 e. The number of hydrogen-bond acceptors (Lipinski definition) is 6. The average Bonchev–Trinajstić information content (AvgIpc) is 2.50. The van der Waals surface area contributed by atoms with E-state index < -0.39 is 16.6 Å². The molecule has 0 aliphatic heterocycles. The zero-order valence-corrected chi connectivity index (χ0v) is 11.1. The van der Waals surface area contributed by atoms with Gasteiger partial charge in [0, 0.05) is 17.7 Å². The molecule has 0 radical (unpaired) electrons. The van der Waals surface area contributed by atoms with Crippen LogP contribution in [0.15, 0.2) is 47.6 Å². The molecule has 0 aliphatic carbocycles. The summed E-state index contributed by atoms with van der Waals surface area (Å²) in [5.74, 6) is -1.31. The Labute approximate surface area is 124 Å². The van der Waals surface area contributed by atoms with E-state index in [1.165, 1.54) is 42.6 Å². The van der Waals surface area contributed by atoms with Gasteiger partial charge in [-0.2, -0.15) is 5.10 Å². The van der Waals surface area contributed by atoms with Gasteiger partial charge in [0.05, 0.1) is 11.1 Å². The standard InChI is InChI=1S/C14H11N3O5/c18-12-6-3-10(7-13(12)19)14(20)16-15-8-9-1-4-11(5-2-9)17(21)22/h1-8,18-19H,(H,16,20)/b15-8-. The van der Waals surface area contributed by atoms with Crippen LogP contribution in [0.1, 0.15) is 15.9 Å². The summed E-state index contributed by atoms with van der Waals surface area (Å²) in [7, 11) is 0. The zero-order valence-electron chi connectivity index (χ0n) is 11.1. The summed E-state index contributed by atoms with van der Waals surface area (Å²) in [4.78, 5) is 21.7. The lowest BCUT2D eigenvalue weighted by Crippen LogP contribution is -2.17. The van der Waals surface area contributed by atoms with Gasteiger partial charge in [0.1, 0.15) is 0 Å². The molecular weight excluding hydrogens is 290 g/mol. The Morgan fingerprint density at radius 2 is 1.82 bits per heavy atom. The number of nitro benzene ring substituents is 1. The van der Waals surface area contributed by atoms with Crippen molar-refractivity contribution in [1.29, 1.82) is 0 Å². The number of hydrazone groups is 1. The summed E-state index contributed by atoms with van der Waals surface area (Å²) < 4.78 is 0. The number of amides is 1. The van der Waals surface area contributed by atoms with Crippen molar-refractivity contribution < 1.29 is 19.9 Å². The highest BCUT2D eigenvalue weighted by Gasteiger charge is 2.07. The second-order valence-corrected chi connectivity index (χ2v) is 4.25.